The van der Waals surface area contributed by atoms with Crippen LogP contribution in [0.4, 0.5) is 4.39 Å². The minimum atomic E-state index is -0.271. The molecule has 1 aromatic heterocycles. The van der Waals surface area contributed by atoms with Crippen LogP contribution < -0.4 is 4.74 Å². The van der Waals surface area contributed by atoms with Gasteiger partial charge < -0.3 is 9.64 Å². The van der Waals surface area contributed by atoms with Crippen LogP contribution in [0.15, 0.2) is 48.8 Å². The Hall–Kier alpha value is -2.47. The summed E-state index contributed by atoms with van der Waals surface area (Å²) in [7, 11) is 1.96. The summed E-state index contributed by atoms with van der Waals surface area (Å²) in [5.41, 5.74) is 1.14. The van der Waals surface area contributed by atoms with E-state index in [0.29, 0.717) is 31.4 Å². The SMILES string of the molecule is CN(CC(=O)N1CCCC(COc2ccc(F)cc2)C1)Cc1ccncc1. The zero-order valence-electron chi connectivity index (χ0n) is 15.7. The van der Waals surface area contributed by atoms with Gasteiger partial charge in [0.1, 0.15) is 11.6 Å². The number of nitrogens with zero attached hydrogens (tertiary/aromatic N) is 3. The number of amides is 1. The molecule has 0 aliphatic carbocycles. The van der Waals surface area contributed by atoms with Gasteiger partial charge in [-0.2, -0.15) is 0 Å². The fraction of sp³-hybridized carbons (Fsp3) is 0.429. The van der Waals surface area contributed by atoms with Crippen molar-refractivity contribution < 1.29 is 13.9 Å². The second-order valence-electron chi connectivity index (χ2n) is 7.14. The number of hydrogen-bond acceptors (Lipinski definition) is 4. The minimum absolute atomic E-state index is 0.151. The van der Waals surface area contributed by atoms with Crippen molar-refractivity contribution in [3.8, 4) is 5.75 Å². The first-order valence-electron chi connectivity index (χ1n) is 9.34. The predicted octanol–water partition coefficient (Wildman–Crippen LogP) is 2.97. The Morgan fingerprint density at radius 1 is 1.26 bits per heavy atom. The van der Waals surface area contributed by atoms with Crippen molar-refractivity contribution in [3.63, 3.8) is 0 Å². The molecular weight excluding hydrogens is 345 g/mol. The summed E-state index contributed by atoms with van der Waals surface area (Å²) in [4.78, 5) is 20.6. The average molecular weight is 371 g/mol. The standard InChI is InChI=1S/C21H26FN3O2/c1-24(13-17-8-10-23-11-9-17)15-21(26)25-12-2-3-18(14-25)16-27-20-6-4-19(22)5-7-20/h4-11,18H,2-3,12-16H2,1H3. The summed E-state index contributed by atoms with van der Waals surface area (Å²) in [5.74, 6) is 0.848. The Morgan fingerprint density at radius 3 is 2.74 bits per heavy atom. The van der Waals surface area contributed by atoms with Gasteiger partial charge in [-0.3, -0.25) is 14.7 Å². The van der Waals surface area contributed by atoms with E-state index < -0.39 is 0 Å². The normalized spacial score (nSPS) is 17.1. The molecule has 0 saturated carbocycles. The summed E-state index contributed by atoms with van der Waals surface area (Å²) in [6.45, 7) is 3.17. The third kappa shape index (κ3) is 6.03. The van der Waals surface area contributed by atoms with Crippen molar-refractivity contribution >= 4 is 5.91 Å². The van der Waals surface area contributed by atoms with Gasteiger partial charge in [0.15, 0.2) is 0 Å². The number of likely N-dealkylation sites (tertiary alicyclic amines) is 1. The molecule has 0 radical (unpaired) electrons. The molecule has 1 amide bonds. The summed E-state index contributed by atoms with van der Waals surface area (Å²) in [6.07, 6.45) is 5.55. The van der Waals surface area contributed by atoms with Crippen LogP contribution in [0.1, 0.15) is 18.4 Å². The summed E-state index contributed by atoms with van der Waals surface area (Å²) >= 11 is 0. The number of rotatable bonds is 7. The van der Waals surface area contributed by atoms with Crippen LogP contribution in [-0.2, 0) is 11.3 Å². The highest BCUT2D eigenvalue weighted by molar-refractivity contribution is 5.78. The Morgan fingerprint density at radius 2 is 2.00 bits per heavy atom. The first-order chi connectivity index (χ1) is 13.1. The molecule has 5 nitrogen and oxygen atoms in total. The molecule has 1 atom stereocenters. The molecule has 1 fully saturated rings. The van der Waals surface area contributed by atoms with E-state index in [1.807, 2.05) is 29.0 Å². The molecule has 1 aliphatic rings. The molecule has 2 heterocycles. The third-order valence-electron chi connectivity index (χ3n) is 4.78. The molecule has 3 rings (SSSR count). The fourth-order valence-electron chi connectivity index (χ4n) is 3.36. The molecular formula is C21H26FN3O2. The van der Waals surface area contributed by atoms with E-state index in [1.165, 1.54) is 12.1 Å². The van der Waals surface area contributed by atoms with E-state index in [-0.39, 0.29) is 11.7 Å². The monoisotopic (exact) mass is 371 g/mol. The van der Waals surface area contributed by atoms with Gasteiger partial charge in [0.05, 0.1) is 13.2 Å². The number of likely N-dealkylation sites (N-methyl/N-ethyl adjacent to an activating group) is 1. The lowest BCUT2D eigenvalue weighted by Gasteiger charge is -2.33. The van der Waals surface area contributed by atoms with Gasteiger partial charge in [0.2, 0.25) is 5.91 Å². The lowest BCUT2D eigenvalue weighted by atomic mass is 9.99. The van der Waals surface area contributed by atoms with Gasteiger partial charge in [-0.25, -0.2) is 4.39 Å². The zero-order valence-corrected chi connectivity index (χ0v) is 15.7. The van der Waals surface area contributed by atoms with Crippen LogP contribution in [-0.4, -0.2) is 54.0 Å². The Kier molecular flexibility index (Phi) is 6.76. The van der Waals surface area contributed by atoms with Crippen LogP contribution in [0.25, 0.3) is 0 Å². The van der Waals surface area contributed by atoms with Gasteiger partial charge in [0.25, 0.3) is 0 Å². The van der Waals surface area contributed by atoms with Crippen molar-refractivity contribution in [2.24, 2.45) is 5.92 Å². The first kappa shape index (κ1) is 19.3. The van der Waals surface area contributed by atoms with Crippen LogP contribution in [0.2, 0.25) is 0 Å². The molecule has 6 heteroatoms. The predicted molar refractivity (Wildman–Crippen MR) is 102 cm³/mol. The van der Waals surface area contributed by atoms with E-state index in [9.17, 15) is 9.18 Å². The lowest BCUT2D eigenvalue weighted by Crippen LogP contribution is -2.45. The van der Waals surface area contributed by atoms with Crippen LogP contribution in [0.3, 0.4) is 0 Å². The Labute approximate surface area is 159 Å². The van der Waals surface area contributed by atoms with Gasteiger partial charge in [-0.05, 0) is 61.9 Å². The van der Waals surface area contributed by atoms with Gasteiger partial charge in [0, 0.05) is 37.9 Å². The topological polar surface area (TPSA) is 45.7 Å². The van der Waals surface area contributed by atoms with Crippen molar-refractivity contribution in [2.75, 3.05) is 33.3 Å². The molecule has 1 aromatic carbocycles. The highest BCUT2D eigenvalue weighted by atomic mass is 19.1. The zero-order chi connectivity index (χ0) is 19.1. The van der Waals surface area contributed by atoms with Crippen molar-refractivity contribution in [2.45, 2.75) is 19.4 Å². The number of aromatic nitrogens is 1. The van der Waals surface area contributed by atoms with Crippen LogP contribution in [0, 0.1) is 11.7 Å². The van der Waals surface area contributed by atoms with Gasteiger partial charge in [-0.15, -0.1) is 0 Å². The van der Waals surface area contributed by atoms with Crippen molar-refractivity contribution in [3.05, 3.63) is 60.2 Å². The minimum Gasteiger partial charge on any atom is -0.493 e. The molecule has 1 unspecified atom stereocenters. The van der Waals surface area contributed by atoms with E-state index in [4.69, 9.17) is 4.74 Å². The number of carbonyl (C=O) groups excluding carboxylic acids is 1. The maximum Gasteiger partial charge on any atom is 0.236 e. The fourth-order valence-corrected chi connectivity index (χ4v) is 3.36. The molecule has 0 N–H and O–H groups in total. The number of benzene rings is 1. The number of pyridine rings is 1. The number of piperidine rings is 1. The Bertz CT molecular complexity index is 724. The van der Waals surface area contributed by atoms with E-state index in [0.717, 1.165) is 31.5 Å². The summed E-state index contributed by atoms with van der Waals surface area (Å²) in [5, 5.41) is 0. The molecule has 0 spiro atoms. The lowest BCUT2D eigenvalue weighted by molar-refractivity contribution is -0.134. The van der Waals surface area contributed by atoms with E-state index in [2.05, 4.69) is 4.98 Å². The highest BCUT2D eigenvalue weighted by Gasteiger charge is 2.24. The highest BCUT2D eigenvalue weighted by Crippen LogP contribution is 2.19. The maximum absolute atomic E-state index is 13.0. The third-order valence-corrected chi connectivity index (χ3v) is 4.78. The maximum atomic E-state index is 13.0. The summed E-state index contributed by atoms with van der Waals surface area (Å²) in [6, 6.07) is 9.98. The Balaban J connectivity index is 1.45. The largest absolute Gasteiger partial charge is 0.493 e. The number of hydrogen-bond donors (Lipinski definition) is 0. The van der Waals surface area contributed by atoms with E-state index >= 15 is 0 Å². The molecule has 1 saturated heterocycles. The molecule has 27 heavy (non-hydrogen) atoms. The van der Waals surface area contributed by atoms with E-state index in [1.54, 1.807) is 24.5 Å². The molecule has 2 aromatic rings. The molecule has 0 bridgehead atoms. The smallest absolute Gasteiger partial charge is 0.236 e. The first-order valence-corrected chi connectivity index (χ1v) is 9.34. The second-order valence-corrected chi connectivity index (χ2v) is 7.14. The van der Waals surface area contributed by atoms with Gasteiger partial charge >= 0.3 is 0 Å². The second kappa shape index (κ2) is 9.46. The summed E-state index contributed by atoms with van der Waals surface area (Å²) < 4.78 is 18.7. The molecule has 144 valence electrons. The number of halogens is 1. The molecule has 1 aliphatic heterocycles. The number of carbonyl (C=O) groups is 1. The number of ether oxygens (including phenoxy) is 1. The average Bonchev–Trinajstić information content (AvgIpc) is 2.68. The van der Waals surface area contributed by atoms with Gasteiger partial charge in [-0.1, -0.05) is 0 Å². The van der Waals surface area contributed by atoms with Crippen molar-refractivity contribution in [1.29, 1.82) is 0 Å². The van der Waals surface area contributed by atoms with Crippen LogP contribution in [0.5, 0.6) is 5.75 Å². The quantitative estimate of drug-likeness (QED) is 0.751. The van der Waals surface area contributed by atoms with Crippen LogP contribution >= 0.6 is 0 Å². The van der Waals surface area contributed by atoms with Crippen molar-refractivity contribution in [1.82, 2.24) is 14.8 Å².